The number of carbonyl (C=O) groups is 1. The molecule has 4 rings (SSSR count). The highest BCUT2D eigenvalue weighted by Crippen LogP contribution is 2.37. The number of aromatic nitrogens is 3. The second kappa shape index (κ2) is 9.29. The molecule has 2 aromatic heterocycles. The highest BCUT2D eigenvalue weighted by atomic mass is 19.4. The molecule has 0 unspecified atom stereocenters. The van der Waals surface area contributed by atoms with E-state index in [9.17, 15) is 18.0 Å². The van der Waals surface area contributed by atoms with Gasteiger partial charge in [-0.2, -0.15) is 13.2 Å². The molecule has 10 heteroatoms. The van der Waals surface area contributed by atoms with E-state index in [2.05, 4.69) is 9.97 Å². The van der Waals surface area contributed by atoms with Crippen molar-refractivity contribution in [3.05, 3.63) is 64.2 Å². The minimum atomic E-state index is -4.46. The van der Waals surface area contributed by atoms with Crippen LogP contribution in [0.1, 0.15) is 60.9 Å². The van der Waals surface area contributed by atoms with Crippen LogP contribution in [-0.4, -0.2) is 38.4 Å². The molecule has 0 saturated carbocycles. The summed E-state index contributed by atoms with van der Waals surface area (Å²) < 4.78 is 58.1. The van der Waals surface area contributed by atoms with Crippen LogP contribution in [0.5, 0.6) is 0 Å². The fourth-order valence-corrected chi connectivity index (χ4v) is 4.80. The van der Waals surface area contributed by atoms with E-state index < -0.39 is 23.5 Å². The Morgan fingerprint density at radius 3 is 2.47 bits per heavy atom. The van der Waals surface area contributed by atoms with E-state index in [1.807, 2.05) is 11.6 Å². The molecule has 6 nitrogen and oxygen atoms in total. The van der Waals surface area contributed by atoms with Gasteiger partial charge in [0.05, 0.1) is 29.0 Å². The van der Waals surface area contributed by atoms with Gasteiger partial charge in [0.25, 0.3) is 0 Å². The highest BCUT2D eigenvalue weighted by Gasteiger charge is 2.38. The Morgan fingerprint density at radius 1 is 1.19 bits per heavy atom. The van der Waals surface area contributed by atoms with Gasteiger partial charge in [-0.05, 0) is 44.0 Å². The minimum Gasteiger partial charge on any atom is -0.343 e. The summed E-state index contributed by atoms with van der Waals surface area (Å²) in [5, 5.41) is 0.565. The number of nitrogens with zero attached hydrogens (tertiary/aromatic N) is 5. The van der Waals surface area contributed by atoms with Gasteiger partial charge in [-0.1, -0.05) is 12.1 Å². The summed E-state index contributed by atoms with van der Waals surface area (Å²) >= 11 is 0. The number of carbonyl (C=O) groups excluding carboxylic acids is 1. The largest absolute Gasteiger partial charge is 0.416 e. The first-order valence-electron chi connectivity index (χ1n) is 11.8. The predicted molar refractivity (Wildman–Crippen MR) is 128 cm³/mol. The number of amides is 1. The number of pyridine rings is 1. The van der Waals surface area contributed by atoms with Crippen molar-refractivity contribution in [2.45, 2.75) is 58.4 Å². The summed E-state index contributed by atoms with van der Waals surface area (Å²) in [6, 6.07) is 5.08. The van der Waals surface area contributed by atoms with Gasteiger partial charge in [0.1, 0.15) is 5.82 Å². The topological polar surface area (TPSA) is 63.4 Å². The lowest BCUT2D eigenvalue weighted by molar-refractivity contribution is -0.138. The van der Waals surface area contributed by atoms with Crippen LogP contribution in [0, 0.1) is 13.8 Å². The van der Waals surface area contributed by atoms with Gasteiger partial charge in [0, 0.05) is 45.3 Å². The van der Waals surface area contributed by atoms with Crippen molar-refractivity contribution in [2.24, 2.45) is 12.0 Å². The van der Waals surface area contributed by atoms with Gasteiger partial charge >= 0.3 is 6.18 Å². The maximum atomic E-state index is 16.0. The molecule has 36 heavy (non-hydrogen) atoms. The quantitative estimate of drug-likeness (QED) is 0.469. The smallest absolute Gasteiger partial charge is 0.343 e. The predicted octanol–water partition coefficient (Wildman–Crippen LogP) is 5.07. The number of piperidine rings is 1. The summed E-state index contributed by atoms with van der Waals surface area (Å²) in [5.74, 6) is 0.545. The molecule has 192 valence electrons. The average Bonchev–Trinajstić information content (AvgIpc) is 2.81. The molecule has 1 aliphatic heterocycles. The van der Waals surface area contributed by atoms with Crippen molar-refractivity contribution < 1.29 is 22.4 Å². The van der Waals surface area contributed by atoms with E-state index in [0.29, 0.717) is 40.9 Å². The Hall–Kier alpha value is -3.30. The van der Waals surface area contributed by atoms with E-state index >= 15 is 4.39 Å². The summed E-state index contributed by atoms with van der Waals surface area (Å²) in [4.78, 5) is 27.0. The number of fused-ring (bicyclic) bond motifs is 1. The SMILES string of the molecule is CC(=O)N1CCC(F)(c2cc3/c(=N/[C@H](C)c4cccc(C(F)(F)F)c4C)nc(C)n(C)c3cn2)CC1. The van der Waals surface area contributed by atoms with E-state index in [4.69, 9.17) is 4.99 Å². The number of hydrogen-bond donors (Lipinski definition) is 0. The van der Waals surface area contributed by atoms with Gasteiger partial charge in [-0.25, -0.2) is 9.37 Å². The zero-order chi connectivity index (χ0) is 26.4. The normalized spacial score (nSPS) is 17.5. The van der Waals surface area contributed by atoms with Gasteiger partial charge in [-0.3, -0.25) is 14.8 Å². The Labute approximate surface area is 206 Å². The number of rotatable bonds is 3. The van der Waals surface area contributed by atoms with E-state index in [1.54, 1.807) is 37.1 Å². The summed E-state index contributed by atoms with van der Waals surface area (Å²) in [7, 11) is 1.81. The minimum absolute atomic E-state index is 0.0878. The molecule has 3 aromatic rings. The fraction of sp³-hybridized carbons (Fsp3) is 0.462. The standard InChI is InChI=1S/C26H29F4N5O/c1-15-19(7-6-8-21(15)26(28,29)30)16(2)32-24-20-13-23(31-14-22(20)34(5)17(3)33-24)25(27)9-11-35(12-10-25)18(4)36/h6-8,13-14,16H,9-12H2,1-5H3/b32-24-/t16-/m1/s1. The first-order chi connectivity index (χ1) is 16.8. The van der Waals surface area contributed by atoms with E-state index in [-0.39, 0.29) is 30.0 Å². The van der Waals surface area contributed by atoms with Crippen molar-refractivity contribution in [1.29, 1.82) is 0 Å². The first kappa shape index (κ1) is 25.8. The summed E-state index contributed by atoms with van der Waals surface area (Å²) in [5.41, 5.74) is -0.600. The van der Waals surface area contributed by atoms with Crippen molar-refractivity contribution in [3.8, 4) is 0 Å². The number of likely N-dealkylation sites (tertiary alicyclic amines) is 1. The van der Waals surface area contributed by atoms with Crippen molar-refractivity contribution in [1.82, 2.24) is 19.4 Å². The molecule has 0 bridgehead atoms. The van der Waals surface area contributed by atoms with E-state index in [1.165, 1.54) is 19.9 Å². The number of aryl methyl sites for hydroxylation is 2. The third-order valence-corrected chi connectivity index (χ3v) is 7.15. The molecule has 0 N–H and O–H groups in total. The van der Waals surface area contributed by atoms with Gasteiger partial charge in [0.2, 0.25) is 5.91 Å². The second-order valence-corrected chi connectivity index (χ2v) is 9.42. The Morgan fingerprint density at radius 2 is 1.86 bits per heavy atom. The second-order valence-electron chi connectivity index (χ2n) is 9.42. The zero-order valence-corrected chi connectivity index (χ0v) is 20.9. The maximum Gasteiger partial charge on any atom is 0.416 e. The highest BCUT2D eigenvalue weighted by molar-refractivity contribution is 5.78. The van der Waals surface area contributed by atoms with Crippen LogP contribution in [0.15, 0.2) is 35.5 Å². The van der Waals surface area contributed by atoms with Crippen molar-refractivity contribution >= 4 is 16.8 Å². The number of alkyl halides is 4. The fourth-order valence-electron chi connectivity index (χ4n) is 4.80. The van der Waals surface area contributed by atoms with Crippen LogP contribution in [-0.2, 0) is 23.7 Å². The van der Waals surface area contributed by atoms with Gasteiger partial charge < -0.3 is 9.47 Å². The molecular formula is C26H29F4N5O. The van der Waals surface area contributed by atoms with Crippen LogP contribution in [0.25, 0.3) is 10.9 Å². The molecule has 3 heterocycles. The third-order valence-electron chi connectivity index (χ3n) is 7.15. The molecule has 0 radical (unpaired) electrons. The van der Waals surface area contributed by atoms with Gasteiger partial charge in [0.15, 0.2) is 11.2 Å². The number of benzene rings is 1. The van der Waals surface area contributed by atoms with Crippen LogP contribution in [0.4, 0.5) is 17.6 Å². The molecule has 0 spiro atoms. The van der Waals surface area contributed by atoms with Crippen LogP contribution in [0.3, 0.4) is 0 Å². The molecule has 1 saturated heterocycles. The Balaban J connectivity index is 1.82. The monoisotopic (exact) mass is 503 g/mol. The molecule has 1 atom stereocenters. The summed E-state index contributed by atoms with van der Waals surface area (Å²) in [6.07, 6.45) is -2.63. The lowest BCUT2D eigenvalue weighted by Gasteiger charge is -2.35. The summed E-state index contributed by atoms with van der Waals surface area (Å²) in [6.45, 7) is 7.02. The lowest BCUT2D eigenvalue weighted by Crippen LogP contribution is -2.42. The molecule has 1 aliphatic rings. The lowest BCUT2D eigenvalue weighted by atomic mass is 9.89. The Bertz CT molecular complexity index is 1390. The molecular weight excluding hydrogens is 474 g/mol. The van der Waals surface area contributed by atoms with Crippen molar-refractivity contribution in [2.75, 3.05) is 13.1 Å². The van der Waals surface area contributed by atoms with Crippen LogP contribution < -0.4 is 5.49 Å². The average molecular weight is 504 g/mol. The maximum absolute atomic E-state index is 16.0. The number of halogens is 4. The molecule has 1 fully saturated rings. The molecule has 1 amide bonds. The molecule has 1 aromatic carbocycles. The molecule has 0 aliphatic carbocycles. The van der Waals surface area contributed by atoms with Gasteiger partial charge in [-0.15, -0.1) is 0 Å². The van der Waals surface area contributed by atoms with Crippen LogP contribution >= 0.6 is 0 Å². The number of hydrogen-bond acceptors (Lipinski definition) is 4. The van der Waals surface area contributed by atoms with E-state index in [0.717, 1.165) is 6.07 Å². The zero-order valence-electron chi connectivity index (χ0n) is 20.9. The first-order valence-corrected chi connectivity index (χ1v) is 11.8. The van der Waals surface area contributed by atoms with Crippen molar-refractivity contribution in [3.63, 3.8) is 0 Å². The Kier molecular flexibility index (Phi) is 6.66. The third kappa shape index (κ3) is 4.73. The van der Waals surface area contributed by atoms with Crippen LogP contribution in [0.2, 0.25) is 0 Å².